The Labute approximate surface area is 108 Å². The Bertz CT molecular complexity index is 734. The molecule has 0 aliphatic carbocycles. The Balaban J connectivity index is 2.31. The number of fused-ring (bicyclic) bond motifs is 1. The minimum atomic E-state index is 0.591. The molecule has 2 N–H and O–H groups in total. The first-order chi connectivity index (χ1) is 8.65. The molecule has 0 aliphatic rings. The smallest absolute Gasteiger partial charge is 0.187 e. The summed E-state index contributed by atoms with van der Waals surface area (Å²) in [7, 11) is 0. The highest BCUT2D eigenvalue weighted by atomic mass is 35.5. The SMILES string of the molecule is Cc1ccc2nnc(-c3cc(Cl)ccc3N)n2n1. The van der Waals surface area contributed by atoms with Crippen LogP contribution in [0.15, 0.2) is 30.3 Å². The Morgan fingerprint density at radius 1 is 1.17 bits per heavy atom. The van der Waals surface area contributed by atoms with Crippen molar-refractivity contribution >= 4 is 22.9 Å². The zero-order chi connectivity index (χ0) is 12.7. The summed E-state index contributed by atoms with van der Waals surface area (Å²) in [6, 6.07) is 8.99. The number of halogens is 1. The van der Waals surface area contributed by atoms with E-state index in [-0.39, 0.29) is 0 Å². The molecule has 0 unspecified atom stereocenters. The van der Waals surface area contributed by atoms with Crippen LogP contribution >= 0.6 is 11.6 Å². The summed E-state index contributed by atoms with van der Waals surface area (Å²) >= 11 is 5.98. The van der Waals surface area contributed by atoms with Crippen molar-refractivity contribution in [1.82, 2.24) is 19.8 Å². The molecule has 3 rings (SSSR count). The van der Waals surface area contributed by atoms with E-state index in [4.69, 9.17) is 17.3 Å². The zero-order valence-electron chi connectivity index (χ0n) is 9.63. The number of aryl methyl sites for hydroxylation is 1. The third kappa shape index (κ3) is 1.69. The van der Waals surface area contributed by atoms with Gasteiger partial charge >= 0.3 is 0 Å². The van der Waals surface area contributed by atoms with Gasteiger partial charge < -0.3 is 5.73 Å². The summed E-state index contributed by atoms with van der Waals surface area (Å²) in [4.78, 5) is 0. The fourth-order valence-corrected chi connectivity index (χ4v) is 1.94. The van der Waals surface area contributed by atoms with E-state index in [1.54, 1.807) is 22.7 Å². The molecule has 6 heteroatoms. The average Bonchev–Trinajstić information content (AvgIpc) is 2.75. The van der Waals surface area contributed by atoms with E-state index in [1.807, 2.05) is 19.1 Å². The predicted octanol–water partition coefficient (Wildman–Crippen LogP) is 2.34. The van der Waals surface area contributed by atoms with E-state index in [2.05, 4.69) is 15.3 Å². The molecule has 0 saturated carbocycles. The monoisotopic (exact) mass is 259 g/mol. The Kier molecular flexibility index (Phi) is 2.41. The molecule has 5 nitrogen and oxygen atoms in total. The Morgan fingerprint density at radius 2 is 2.00 bits per heavy atom. The van der Waals surface area contributed by atoms with Crippen LogP contribution < -0.4 is 5.73 Å². The lowest BCUT2D eigenvalue weighted by Crippen LogP contribution is -1.99. The maximum atomic E-state index is 5.98. The van der Waals surface area contributed by atoms with Crippen LogP contribution in [-0.2, 0) is 0 Å². The Hall–Kier alpha value is -2.14. The number of aromatic nitrogens is 4. The topological polar surface area (TPSA) is 69.1 Å². The normalized spacial score (nSPS) is 11.0. The number of rotatable bonds is 1. The second-order valence-corrected chi connectivity index (χ2v) is 4.44. The summed E-state index contributed by atoms with van der Waals surface area (Å²) in [6.07, 6.45) is 0. The fourth-order valence-electron chi connectivity index (χ4n) is 1.77. The third-order valence-corrected chi connectivity index (χ3v) is 2.89. The molecular formula is C12H10ClN5. The maximum Gasteiger partial charge on any atom is 0.187 e. The third-order valence-electron chi connectivity index (χ3n) is 2.65. The highest BCUT2D eigenvalue weighted by molar-refractivity contribution is 6.31. The van der Waals surface area contributed by atoms with Gasteiger partial charge in [-0.15, -0.1) is 10.2 Å². The first-order valence-corrected chi connectivity index (χ1v) is 5.77. The predicted molar refractivity (Wildman–Crippen MR) is 70.4 cm³/mol. The number of anilines is 1. The average molecular weight is 260 g/mol. The first-order valence-electron chi connectivity index (χ1n) is 5.39. The standard InChI is InChI=1S/C12H10ClN5/c1-7-2-5-11-15-16-12(18(11)17-7)9-6-8(13)3-4-10(9)14/h2-6H,14H2,1H3. The number of benzene rings is 1. The van der Waals surface area contributed by atoms with Gasteiger partial charge in [0.2, 0.25) is 0 Å². The minimum Gasteiger partial charge on any atom is -0.398 e. The number of nitrogen functional groups attached to an aromatic ring is 1. The van der Waals surface area contributed by atoms with Crippen molar-refractivity contribution in [3.05, 3.63) is 41.0 Å². The molecule has 3 aromatic rings. The van der Waals surface area contributed by atoms with Crippen LogP contribution in [-0.4, -0.2) is 19.8 Å². The number of nitrogens with zero attached hydrogens (tertiary/aromatic N) is 4. The van der Waals surface area contributed by atoms with Crippen molar-refractivity contribution in [1.29, 1.82) is 0 Å². The Morgan fingerprint density at radius 3 is 2.83 bits per heavy atom. The summed E-state index contributed by atoms with van der Waals surface area (Å²) < 4.78 is 1.66. The van der Waals surface area contributed by atoms with Gasteiger partial charge in [0, 0.05) is 16.3 Å². The number of hydrogen-bond acceptors (Lipinski definition) is 4. The van der Waals surface area contributed by atoms with Crippen LogP contribution in [0.5, 0.6) is 0 Å². The first kappa shape index (κ1) is 11.0. The van der Waals surface area contributed by atoms with E-state index < -0.39 is 0 Å². The zero-order valence-corrected chi connectivity index (χ0v) is 10.4. The molecule has 90 valence electrons. The lowest BCUT2D eigenvalue weighted by Gasteiger charge is -2.04. The number of hydrogen-bond donors (Lipinski definition) is 1. The largest absolute Gasteiger partial charge is 0.398 e. The minimum absolute atomic E-state index is 0.591. The van der Waals surface area contributed by atoms with Gasteiger partial charge in [0.25, 0.3) is 0 Å². The van der Waals surface area contributed by atoms with E-state index >= 15 is 0 Å². The molecule has 0 atom stereocenters. The molecule has 18 heavy (non-hydrogen) atoms. The van der Waals surface area contributed by atoms with Crippen LogP contribution in [0, 0.1) is 6.92 Å². The molecule has 0 amide bonds. The van der Waals surface area contributed by atoms with Crippen LogP contribution in [0.4, 0.5) is 5.69 Å². The van der Waals surface area contributed by atoms with E-state index in [1.165, 1.54) is 0 Å². The lowest BCUT2D eigenvalue weighted by atomic mass is 10.2. The van der Waals surface area contributed by atoms with E-state index in [0.717, 1.165) is 11.3 Å². The van der Waals surface area contributed by atoms with Crippen LogP contribution in [0.1, 0.15) is 5.69 Å². The number of nitrogens with two attached hydrogens (primary N) is 1. The van der Waals surface area contributed by atoms with Gasteiger partial charge in [-0.25, -0.2) is 0 Å². The van der Waals surface area contributed by atoms with Crippen molar-refractivity contribution in [2.75, 3.05) is 5.73 Å². The molecule has 0 fully saturated rings. The molecule has 1 aromatic carbocycles. The lowest BCUT2D eigenvalue weighted by molar-refractivity contribution is 0.902. The van der Waals surface area contributed by atoms with E-state index in [9.17, 15) is 0 Å². The van der Waals surface area contributed by atoms with Crippen molar-refractivity contribution in [3.8, 4) is 11.4 Å². The van der Waals surface area contributed by atoms with Crippen molar-refractivity contribution in [3.63, 3.8) is 0 Å². The van der Waals surface area contributed by atoms with Gasteiger partial charge in [-0.1, -0.05) is 11.6 Å². The fraction of sp³-hybridized carbons (Fsp3) is 0.0833. The molecule has 0 saturated heterocycles. The molecule has 2 heterocycles. The van der Waals surface area contributed by atoms with Gasteiger partial charge in [0.15, 0.2) is 11.5 Å². The van der Waals surface area contributed by atoms with Crippen LogP contribution in [0.2, 0.25) is 5.02 Å². The highest BCUT2D eigenvalue weighted by Gasteiger charge is 2.12. The van der Waals surface area contributed by atoms with Gasteiger partial charge in [-0.05, 0) is 37.3 Å². The summed E-state index contributed by atoms with van der Waals surface area (Å²) in [5.74, 6) is 0.591. The van der Waals surface area contributed by atoms with Gasteiger partial charge in [0.05, 0.1) is 5.69 Å². The molecule has 0 bridgehead atoms. The second-order valence-electron chi connectivity index (χ2n) is 4.00. The van der Waals surface area contributed by atoms with Crippen molar-refractivity contribution in [2.45, 2.75) is 6.92 Å². The van der Waals surface area contributed by atoms with Gasteiger partial charge in [0.1, 0.15) is 0 Å². The van der Waals surface area contributed by atoms with Crippen LogP contribution in [0.3, 0.4) is 0 Å². The summed E-state index contributed by atoms with van der Waals surface area (Å²) in [5.41, 5.74) is 8.82. The molecule has 0 aliphatic heterocycles. The molecule has 2 aromatic heterocycles. The van der Waals surface area contributed by atoms with Crippen LogP contribution in [0.25, 0.3) is 17.0 Å². The maximum absolute atomic E-state index is 5.98. The van der Waals surface area contributed by atoms with E-state index in [0.29, 0.717) is 22.2 Å². The van der Waals surface area contributed by atoms with Gasteiger partial charge in [-0.2, -0.15) is 9.61 Å². The molecule has 0 radical (unpaired) electrons. The second kappa shape index (κ2) is 3.96. The van der Waals surface area contributed by atoms with Crippen molar-refractivity contribution < 1.29 is 0 Å². The summed E-state index contributed by atoms with van der Waals surface area (Å²) in [6.45, 7) is 1.91. The van der Waals surface area contributed by atoms with Crippen molar-refractivity contribution in [2.24, 2.45) is 0 Å². The molecule has 0 spiro atoms. The molecular weight excluding hydrogens is 250 g/mol. The summed E-state index contributed by atoms with van der Waals surface area (Å²) in [5, 5.41) is 13.2. The highest BCUT2D eigenvalue weighted by Crippen LogP contribution is 2.27. The van der Waals surface area contributed by atoms with Gasteiger partial charge in [-0.3, -0.25) is 0 Å². The quantitative estimate of drug-likeness (QED) is 0.681.